The molecule has 0 aromatic rings. The number of aliphatic hydroxyl groups is 1. The van der Waals surface area contributed by atoms with Crippen LogP contribution in [0.3, 0.4) is 0 Å². The van der Waals surface area contributed by atoms with E-state index in [-0.39, 0.29) is 18.6 Å². The number of likely N-dealkylation sites (tertiary alicyclic amines) is 1. The number of nitrogens with zero attached hydrogens (tertiary/aromatic N) is 1. The lowest BCUT2D eigenvalue weighted by Crippen LogP contribution is -2.39. The van der Waals surface area contributed by atoms with Crippen LogP contribution in [0.5, 0.6) is 0 Å². The maximum absolute atomic E-state index is 11.7. The minimum atomic E-state index is 0.0688. The van der Waals surface area contributed by atoms with Gasteiger partial charge in [0.05, 0.1) is 12.6 Å². The van der Waals surface area contributed by atoms with E-state index in [9.17, 15) is 9.90 Å². The Morgan fingerprint density at radius 1 is 1.57 bits per heavy atom. The average Bonchev–Trinajstić information content (AvgIpc) is 2.55. The summed E-state index contributed by atoms with van der Waals surface area (Å²) in [5, 5.41) is 9.19. The van der Waals surface area contributed by atoms with Crippen LogP contribution in [-0.4, -0.2) is 35.1 Å². The normalized spacial score (nSPS) is 26.9. The molecule has 0 saturated carbocycles. The third-order valence-corrected chi connectivity index (χ3v) is 3.13. The summed E-state index contributed by atoms with van der Waals surface area (Å²) >= 11 is 0. The largest absolute Gasteiger partial charge is 0.394 e. The Labute approximate surface area is 86.1 Å². The quantitative estimate of drug-likeness (QED) is 0.743. The summed E-state index contributed by atoms with van der Waals surface area (Å²) < 4.78 is 0. The van der Waals surface area contributed by atoms with Gasteiger partial charge in [-0.2, -0.15) is 0 Å². The summed E-state index contributed by atoms with van der Waals surface area (Å²) in [6.45, 7) is 5.13. The molecular weight excluding hydrogens is 178 g/mol. The van der Waals surface area contributed by atoms with Gasteiger partial charge < -0.3 is 10.0 Å². The molecule has 14 heavy (non-hydrogen) atoms. The van der Waals surface area contributed by atoms with Crippen LogP contribution in [0.15, 0.2) is 0 Å². The molecule has 1 fully saturated rings. The molecule has 3 nitrogen and oxygen atoms in total. The first kappa shape index (κ1) is 11.5. The number of hydrogen-bond acceptors (Lipinski definition) is 2. The van der Waals surface area contributed by atoms with Crippen molar-refractivity contribution in [2.75, 3.05) is 13.2 Å². The molecule has 2 unspecified atom stereocenters. The molecule has 2 atom stereocenters. The van der Waals surface area contributed by atoms with E-state index < -0.39 is 0 Å². The number of carbonyl (C=O) groups excluding carboxylic acids is 1. The van der Waals surface area contributed by atoms with E-state index in [0.29, 0.717) is 12.3 Å². The summed E-state index contributed by atoms with van der Waals surface area (Å²) in [5.74, 6) is 0.667. The summed E-state index contributed by atoms with van der Waals surface area (Å²) in [6.07, 6.45) is 3.68. The van der Waals surface area contributed by atoms with Crippen LogP contribution >= 0.6 is 0 Å². The van der Waals surface area contributed by atoms with Crippen LogP contribution in [0.25, 0.3) is 0 Å². The zero-order chi connectivity index (χ0) is 10.6. The minimum Gasteiger partial charge on any atom is -0.394 e. The maximum atomic E-state index is 11.7. The van der Waals surface area contributed by atoms with Crippen LogP contribution in [-0.2, 0) is 4.79 Å². The second-order valence-electron chi connectivity index (χ2n) is 4.21. The van der Waals surface area contributed by atoms with E-state index in [2.05, 4.69) is 13.8 Å². The second-order valence-corrected chi connectivity index (χ2v) is 4.21. The highest BCUT2D eigenvalue weighted by molar-refractivity contribution is 5.76. The number of carbonyl (C=O) groups is 1. The Morgan fingerprint density at radius 2 is 2.29 bits per heavy atom. The number of unbranched alkanes of at least 4 members (excludes halogenated alkanes) is 1. The van der Waals surface area contributed by atoms with Crippen molar-refractivity contribution in [2.24, 2.45) is 5.92 Å². The summed E-state index contributed by atoms with van der Waals surface area (Å²) in [5.41, 5.74) is 0. The molecule has 0 aromatic heterocycles. The van der Waals surface area contributed by atoms with E-state index in [1.54, 1.807) is 0 Å². The average molecular weight is 199 g/mol. The van der Waals surface area contributed by atoms with Gasteiger partial charge >= 0.3 is 0 Å². The number of aliphatic hydroxyl groups excluding tert-OH is 1. The summed E-state index contributed by atoms with van der Waals surface area (Å²) in [4.78, 5) is 13.6. The Bertz CT molecular complexity index is 194. The van der Waals surface area contributed by atoms with Crippen molar-refractivity contribution >= 4 is 5.91 Å². The fourth-order valence-electron chi connectivity index (χ4n) is 2.07. The predicted molar refractivity (Wildman–Crippen MR) is 55.9 cm³/mol. The highest BCUT2D eigenvalue weighted by Crippen LogP contribution is 2.24. The second kappa shape index (κ2) is 5.35. The number of rotatable bonds is 4. The molecular formula is C11H21NO2. The van der Waals surface area contributed by atoms with E-state index in [1.807, 2.05) is 4.90 Å². The summed E-state index contributed by atoms with van der Waals surface area (Å²) in [6, 6.07) is 0.0688. The van der Waals surface area contributed by atoms with Crippen LogP contribution < -0.4 is 0 Å². The molecule has 3 heteroatoms. The minimum absolute atomic E-state index is 0.0688. The zero-order valence-corrected chi connectivity index (χ0v) is 9.20. The Kier molecular flexibility index (Phi) is 4.39. The lowest BCUT2D eigenvalue weighted by molar-refractivity contribution is -0.133. The van der Waals surface area contributed by atoms with Crippen molar-refractivity contribution in [1.82, 2.24) is 4.90 Å². The smallest absolute Gasteiger partial charge is 0.222 e. The molecule has 82 valence electrons. The first-order chi connectivity index (χ1) is 6.70. The first-order valence-electron chi connectivity index (χ1n) is 5.61. The van der Waals surface area contributed by atoms with Gasteiger partial charge in [-0.1, -0.05) is 20.3 Å². The molecule has 1 N–H and O–H groups in total. The van der Waals surface area contributed by atoms with Gasteiger partial charge in [0.1, 0.15) is 0 Å². The van der Waals surface area contributed by atoms with Crippen molar-refractivity contribution in [2.45, 2.75) is 45.6 Å². The lowest BCUT2D eigenvalue weighted by atomic mass is 10.0. The van der Waals surface area contributed by atoms with Crippen LogP contribution in [0.4, 0.5) is 0 Å². The highest BCUT2D eigenvalue weighted by atomic mass is 16.3. The molecule has 1 amide bonds. The molecule has 1 aliphatic heterocycles. The predicted octanol–water partition coefficient (Wildman–Crippen LogP) is 1.41. The van der Waals surface area contributed by atoms with Crippen molar-refractivity contribution in [1.29, 1.82) is 0 Å². The lowest BCUT2D eigenvalue weighted by Gasteiger charge is -2.25. The number of hydrogen-bond donors (Lipinski definition) is 1. The molecule has 1 saturated heterocycles. The first-order valence-corrected chi connectivity index (χ1v) is 5.61. The SMILES string of the molecule is CCCCC(=O)N1CCC(C)C1CO. The molecule has 1 aliphatic rings. The molecule has 0 radical (unpaired) electrons. The van der Waals surface area contributed by atoms with Crippen molar-refractivity contribution in [3.05, 3.63) is 0 Å². The van der Waals surface area contributed by atoms with Crippen molar-refractivity contribution < 1.29 is 9.90 Å². The molecule has 0 aromatic carbocycles. The van der Waals surface area contributed by atoms with Gasteiger partial charge in [-0.3, -0.25) is 4.79 Å². The fourth-order valence-corrected chi connectivity index (χ4v) is 2.07. The van der Waals surface area contributed by atoms with E-state index in [0.717, 1.165) is 25.8 Å². The van der Waals surface area contributed by atoms with E-state index in [1.165, 1.54) is 0 Å². The van der Waals surface area contributed by atoms with Crippen molar-refractivity contribution in [3.8, 4) is 0 Å². The van der Waals surface area contributed by atoms with Gasteiger partial charge in [-0.15, -0.1) is 0 Å². The van der Waals surface area contributed by atoms with E-state index >= 15 is 0 Å². The maximum Gasteiger partial charge on any atom is 0.222 e. The topological polar surface area (TPSA) is 40.5 Å². The van der Waals surface area contributed by atoms with Gasteiger partial charge in [0.2, 0.25) is 5.91 Å². The number of amides is 1. The highest BCUT2D eigenvalue weighted by Gasteiger charge is 2.33. The van der Waals surface area contributed by atoms with E-state index in [4.69, 9.17) is 0 Å². The Balaban J connectivity index is 2.46. The zero-order valence-electron chi connectivity index (χ0n) is 9.20. The van der Waals surface area contributed by atoms with Crippen molar-refractivity contribution in [3.63, 3.8) is 0 Å². The molecule has 0 aliphatic carbocycles. The van der Waals surface area contributed by atoms with Crippen LogP contribution in [0.1, 0.15) is 39.5 Å². The third kappa shape index (κ3) is 2.47. The Morgan fingerprint density at radius 3 is 2.86 bits per heavy atom. The van der Waals surface area contributed by atoms with Gasteiger partial charge in [0.25, 0.3) is 0 Å². The molecule has 1 rings (SSSR count). The standard InChI is InChI=1S/C11H21NO2/c1-3-4-5-11(14)12-7-6-9(2)10(12)8-13/h9-10,13H,3-8H2,1-2H3. The van der Waals surface area contributed by atoms with Crippen LogP contribution in [0, 0.1) is 5.92 Å². The van der Waals surface area contributed by atoms with Gasteiger partial charge in [-0.05, 0) is 18.8 Å². The van der Waals surface area contributed by atoms with Gasteiger partial charge in [-0.25, -0.2) is 0 Å². The fraction of sp³-hybridized carbons (Fsp3) is 0.909. The summed E-state index contributed by atoms with van der Waals surface area (Å²) in [7, 11) is 0. The van der Waals surface area contributed by atoms with Gasteiger partial charge in [0, 0.05) is 13.0 Å². The molecule has 0 bridgehead atoms. The third-order valence-electron chi connectivity index (χ3n) is 3.13. The molecule has 1 heterocycles. The molecule has 0 spiro atoms. The Hall–Kier alpha value is -0.570. The van der Waals surface area contributed by atoms with Crippen LogP contribution in [0.2, 0.25) is 0 Å². The van der Waals surface area contributed by atoms with Gasteiger partial charge in [0.15, 0.2) is 0 Å². The monoisotopic (exact) mass is 199 g/mol.